The molecule has 0 saturated heterocycles. The van der Waals surface area contributed by atoms with E-state index in [1.54, 1.807) is 7.11 Å². The van der Waals surface area contributed by atoms with E-state index in [9.17, 15) is 0 Å². The highest BCUT2D eigenvalue weighted by Gasteiger charge is 2.32. The van der Waals surface area contributed by atoms with Crippen molar-refractivity contribution in [3.8, 4) is 11.5 Å². The van der Waals surface area contributed by atoms with Crippen LogP contribution in [0, 0.1) is 0 Å². The van der Waals surface area contributed by atoms with Gasteiger partial charge in [-0.15, -0.1) is 0 Å². The maximum Gasteiger partial charge on any atom is 0.212 e. The van der Waals surface area contributed by atoms with Crippen molar-refractivity contribution in [3.63, 3.8) is 0 Å². The fourth-order valence-electron chi connectivity index (χ4n) is 3.77. The first-order chi connectivity index (χ1) is 12.6. The SMILES string of the molecule is COc1cc2c(c([C@@H]3N=C(N)Nc4nc5ccccc5n43)c1)O[C@@H](C)C2. The first kappa shape index (κ1) is 15.1. The number of anilines is 1. The van der Waals surface area contributed by atoms with Crippen LogP contribution in [0.1, 0.15) is 24.2 Å². The topological polar surface area (TPSA) is 86.7 Å². The molecule has 3 heterocycles. The summed E-state index contributed by atoms with van der Waals surface area (Å²) in [5, 5.41) is 3.06. The van der Waals surface area contributed by atoms with Crippen LogP contribution in [0.4, 0.5) is 5.95 Å². The molecule has 5 rings (SSSR count). The molecule has 0 amide bonds. The number of aromatic nitrogens is 2. The summed E-state index contributed by atoms with van der Waals surface area (Å²) in [4.78, 5) is 9.31. The lowest BCUT2D eigenvalue weighted by molar-refractivity contribution is 0.251. The summed E-state index contributed by atoms with van der Waals surface area (Å²) >= 11 is 0. The van der Waals surface area contributed by atoms with Gasteiger partial charge >= 0.3 is 0 Å². The van der Waals surface area contributed by atoms with Crippen LogP contribution in [-0.4, -0.2) is 28.7 Å². The zero-order valence-corrected chi connectivity index (χ0v) is 14.6. The number of benzene rings is 2. The molecule has 3 N–H and O–H groups in total. The molecule has 0 fully saturated rings. The summed E-state index contributed by atoms with van der Waals surface area (Å²) in [6.07, 6.45) is 0.604. The van der Waals surface area contributed by atoms with E-state index in [4.69, 9.17) is 15.2 Å². The summed E-state index contributed by atoms with van der Waals surface area (Å²) in [7, 11) is 1.67. The van der Waals surface area contributed by atoms with Crippen LogP contribution >= 0.6 is 0 Å². The third-order valence-electron chi connectivity index (χ3n) is 4.85. The van der Waals surface area contributed by atoms with E-state index < -0.39 is 0 Å². The Balaban J connectivity index is 1.77. The normalized spacial score (nSPS) is 20.8. The van der Waals surface area contributed by atoms with Crippen LogP contribution in [0.25, 0.3) is 11.0 Å². The number of imidazole rings is 1. The van der Waals surface area contributed by atoms with Crippen LogP contribution in [0.5, 0.6) is 11.5 Å². The van der Waals surface area contributed by atoms with Crippen molar-refractivity contribution >= 4 is 22.9 Å². The Morgan fingerprint density at radius 2 is 2.15 bits per heavy atom. The van der Waals surface area contributed by atoms with Crippen molar-refractivity contribution < 1.29 is 9.47 Å². The smallest absolute Gasteiger partial charge is 0.212 e. The van der Waals surface area contributed by atoms with Gasteiger partial charge in [0.2, 0.25) is 5.95 Å². The zero-order valence-electron chi connectivity index (χ0n) is 14.6. The minimum Gasteiger partial charge on any atom is -0.497 e. The van der Waals surface area contributed by atoms with Gasteiger partial charge in [-0.1, -0.05) is 12.1 Å². The van der Waals surface area contributed by atoms with Gasteiger partial charge in [0.1, 0.15) is 17.6 Å². The molecule has 0 bridgehead atoms. The Morgan fingerprint density at radius 3 is 3.00 bits per heavy atom. The second-order valence-electron chi connectivity index (χ2n) is 6.64. The molecule has 0 spiro atoms. The average Bonchev–Trinajstić information content (AvgIpc) is 3.18. The van der Waals surface area contributed by atoms with Gasteiger partial charge in [-0.05, 0) is 31.2 Å². The molecule has 2 atom stereocenters. The average molecular weight is 349 g/mol. The van der Waals surface area contributed by atoms with E-state index in [0.717, 1.165) is 40.1 Å². The monoisotopic (exact) mass is 349 g/mol. The molecule has 0 saturated carbocycles. The van der Waals surface area contributed by atoms with Gasteiger partial charge in [0.05, 0.1) is 18.1 Å². The number of guanidine groups is 1. The second kappa shape index (κ2) is 5.39. The highest BCUT2D eigenvalue weighted by molar-refractivity contribution is 5.94. The number of aliphatic imine (C=N–C) groups is 1. The van der Waals surface area contributed by atoms with Crippen molar-refractivity contribution in [1.82, 2.24) is 9.55 Å². The van der Waals surface area contributed by atoms with E-state index in [1.807, 2.05) is 41.0 Å². The molecule has 2 aliphatic rings. The first-order valence-corrected chi connectivity index (χ1v) is 8.59. The van der Waals surface area contributed by atoms with E-state index in [2.05, 4.69) is 22.2 Å². The van der Waals surface area contributed by atoms with E-state index >= 15 is 0 Å². The molecule has 0 unspecified atom stereocenters. The fraction of sp³-hybridized carbons (Fsp3) is 0.263. The number of nitrogens with zero attached hydrogens (tertiary/aromatic N) is 3. The number of fused-ring (bicyclic) bond motifs is 4. The number of ether oxygens (including phenoxy) is 2. The van der Waals surface area contributed by atoms with Crippen molar-refractivity contribution in [2.24, 2.45) is 10.7 Å². The summed E-state index contributed by atoms with van der Waals surface area (Å²) in [6, 6.07) is 12.0. The van der Waals surface area contributed by atoms with Gasteiger partial charge in [-0.2, -0.15) is 0 Å². The second-order valence-corrected chi connectivity index (χ2v) is 6.64. The number of para-hydroxylation sites is 2. The molecule has 26 heavy (non-hydrogen) atoms. The predicted molar refractivity (Wildman–Crippen MR) is 99.9 cm³/mol. The Kier molecular flexibility index (Phi) is 3.12. The number of hydrogen-bond donors (Lipinski definition) is 2. The van der Waals surface area contributed by atoms with E-state index in [0.29, 0.717) is 11.9 Å². The molecule has 0 radical (unpaired) electrons. The fourth-order valence-corrected chi connectivity index (χ4v) is 3.77. The molecule has 7 nitrogen and oxygen atoms in total. The largest absolute Gasteiger partial charge is 0.497 e. The molecule has 2 aromatic carbocycles. The van der Waals surface area contributed by atoms with Crippen molar-refractivity contribution in [3.05, 3.63) is 47.5 Å². The van der Waals surface area contributed by atoms with Gasteiger partial charge in [-0.3, -0.25) is 9.88 Å². The minimum absolute atomic E-state index is 0.123. The lowest BCUT2D eigenvalue weighted by Crippen LogP contribution is -2.31. The maximum absolute atomic E-state index is 6.11. The van der Waals surface area contributed by atoms with E-state index in [-0.39, 0.29) is 12.3 Å². The van der Waals surface area contributed by atoms with Crippen molar-refractivity contribution in [1.29, 1.82) is 0 Å². The van der Waals surface area contributed by atoms with Gasteiger partial charge in [0, 0.05) is 17.5 Å². The number of rotatable bonds is 2. The summed E-state index contributed by atoms with van der Waals surface area (Å²) in [5.74, 6) is 2.66. The highest BCUT2D eigenvalue weighted by atomic mass is 16.5. The van der Waals surface area contributed by atoms with Crippen LogP contribution in [0.15, 0.2) is 41.4 Å². The first-order valence-electron chi connectivity index (χ1n) is 8.59. The summed E-state index contributed by atoms with van der Waals surface area (Å²) in [5.41, 5.74) is 9.99. The molecule has 3 aromatic rings. The number of hydrogen-bond acceptors (Lipinski definition) is 6. The molecule has 132 valence electrons. The van der Waals surface area contributed by atoms with Crippen molar-refractivity contribution in [2.75, 3.05) is 12.4 Å². The van der Waals surface area contributed by atoms with Crippen LogP contribution < -0.4 is 20.5 Å². The summed E-state index contributed by atoms with van der Waals surface area (Å²) < 4.78 is 13.7. The molecule has 7 heteroatoms. The van der Waals surface area contributed by atoms with Crippen molar-refractivity contribution in [2.45, 2.75) is 25.6 Å². The quantitative estimate of drug-likeness (QED) is 0.743. The Labute approximate surface area is 150 Å². The third kappa shape index (κ3) is 2.13. The molecule has 0 aliphatic carbocycles. The highest BCUT2D eigenvalue weighted by Crippen LogP contribution is 2.43. The molecular weight excluding hydrogens is 330 g/mol. The van der Waals surface area contributed by atoms with Gasteiger partial charge in [-0.25, -0.2) is 9.98 Å². The standard InChI is InChI=1S/C19H19N5O2/c1-10-7-11-8-12(25-2)9-13(16(11)26-10)17-22-18(20)23-19-21-14-5-3-4-6-15(14)24(17)19/h3-6,8-10,17H,7H2,1-2H3,(H3,20,21,22,23)/t10-,17+/m0/s1. The lowest BCUT2D eigenvalue weighted by atomic mass is 10.0. The molecular formula is C19H19N5O2. The number of methoxy groups -OCH3 is 1. The van der Waals surface area contributed by atoms with Crippen LogP contribution in [0.2, 0.25) is 0 Å². The van der Waals surface area contributed by atoms with Gasteiger partial charge < -0.3 is 15.2 Å². The number of nitrogens with two attached hydrogens (primary N) is 1. The van der Waals surface area contributed by atoms with Crippen LogP contribution in [-0.2, 0) is 6.42 Å². The molecule has 1 aromatic heterocycles. The lowest BCUT2D eigenvalue weighted by Gasteiger charge is -2.25. The van der Waals surface area contributed by atoms with E-state index in [1.165, 1.54) is 0 Å². The Hall–Kier alpha value is -3.22. The summed E-state index contributed by atoms with van der Waals surface area (Å²) in [6.45, 7) is 2.06. The minimum atomic E-state index is -0.368. The Morgan fingerprint density at radius 1 is 1.31 bits per heavy atom. The number of nitrogens with one attached hydrogen (secondary N) is 1. The maximum atomic E-state index is 6.11. The zero-order chi connectivity index (χ0) is 17.8. The third-order valence-corrected chi connectivity index (χ3v) is 4.85. The predicted octanol–water partition coefficient (Wildman–Crippen LogP) is 2.66. The van der Waals surface area contributed by atoms with Gasteiger partial charge in [0.25, 0.3) is 0 Å². The molecule has 2 aliphatic heterocycles. The Bertz CT molecular complexity index is 1060. The van der Waals surface area contributed by atoms with Crippen LogP contribution in [0.3, 0.4) is 0 Å². The van der Waals surface area contributed by atoms with Gasteiger partial charge in [0.15, 0.2) is 12.1 Å².